The molecule has 0 radical (unpaired) electrons. The van der Waals surface area contributed by atoms with E-state index in [0.29, 0.717) is 11.5 Å². The molecule has 3 amide bonds. The molecule has 0 heterocycles. The highest BCUT2D eigenvalue weighted by Gasteiger charge is 2.18. The largest absolute Gasteiger partial charge is 0.493 e. The number of nitrogens with one attached hydrogen (secondary N) is 2. The minimum Gasteiger partial charge on any atom is -0.493 e. The summed E-state index contributed by atoms with van der Waals surface area (Å²) in [5.41, 5.74) is 0.215. The highest BCUT2D eigenvalue weighted by molar-refractivity contribution is 5.97. The number of methoxy groups -OCH3 is 1. The molecule has 0 spiro atoms. The molecule has 28 heavy (non-hydrogen) atoms. The van der Waals surface area contributed by atoms with Crippen molar-refractivity contribution < 1.29 is 28.6 Å². The average Bonchev–Trinajstić information content (AvgIpc) is 2.66. The van der Waals surface area contributed by atoms with Gasteiger partial charge in [0.05, 0.1) is 18.8 Å². The van der Waals surface area contributed by atoms with E-state index in [9.17, 15) is 14.4 Å². The zero-order valence-corrected chi connectivity index (χ0v) is 16.6. The summed E-state index contributed by atoms with van der Waals surface area (Å²) >= 11 is 0. The summed E-state index contributed by atoms with van der Waals surface area (Å²) in [5, 5.41) is 4.94. The van der Waals surface area contributed by atoms with Crippen molar-refractivity contribution in [2.24, 2.45) is 0 Å². The fraction of sp³-hybridized carbons (Fsp3) is 0.550. The second-order valence-corrected chi connectivity index (χ2v) is 6.96. The summed E-state index contributed by atoms with van der Waals surface area (Å²) in [5.74, 6) is -0.490. The van der Waals surface area contributed by atoms with Crippen molar-refractivity contribution in [2.75, 3.05) is 13.7 Å². The molecule has 1 aromatic rings. The molecule has 2 N–H and O–H groups in total. The van der Waals surface area contributed by atoms with Crippen molar-refractivity contribution in [3.05, 3.63) is 23.8 Å². The number of hydrogen-bond donors (Lipinski definition) is 2. The maximum absolute atomic E-state index is 12.2. The number of imide groups is 1. The van der Waals surface area contributed by atoms with Crippen molar-refractivity contribution >= 4 is 17.9 Å². The van der Waals surface area contributed by atoms with Gasteiger partial charge in [-0.2, -0.15) is 0 Å². The molecule has 1 fully saturated rings. The molecule has 1 saturated carbocycles. The Kier molecular flexibility index (Phi) is 8.10. The summed E-state index contributed by atoms with van der Waals surface area (Å²) in [7, 11) is 1.47. The van der Waals surface area contributed by atoms with Crippen LogP contribution in [0.15, 0.2) is 18.2 Å². The topological polar surface area (TPSA) is 103 Å². The molecule has 0 bridgehead atoms. The molecular formula is C20H28N2O6. The molecule has 0 unspecified atom stereocenters. The lowest BCUT2D eigenvalue weighted by Gasteiger charge is -2.22. The van der Waals surface area contributed by atoms with Gasteiger partial charge in [-0.25, -0.2) is 9.59 Å². The number of esters is 1. The van der Waals surface area contributed by atoms with Crippen molar-refractivity contribution in [2.45, 2.75) is 58.1 Å². The lowest BCUT2D eigenvalue weighted by molar-refractivity contribution is -0.123. The SMILES string of the molecule is COc1cc(C(=O)OCC(=O)NC(=O)NC2CCCCC2)ccc1OC(C)C. The van der Waals surface area contributed by atoms with Gasteiger partial charge in [0.25, 0.3) is 5.91 Å². The number of rotatable bonds is 7. The Morgan fingerprint density at radius 3 is 2.46 bits per heavy atom. The Bertz CT molecular complexity index is 698. The number of hydrogen-bond acceptors (Lipinski definition) is 6. The van der Waals surface area contributed by atoms with Crippen LogP contribution in [0.5, 0.6) is 11.5 Å². The van der Waals surface area contributed by atoms with Crippen LogP contribution >= 0.6 is 0 Å². The zero-order chi connectivity index (χ0) is 20.5. The Hall–Kier alpha value is -2.77. The molecule has 8 heteroatoms. The van der Waals surface area contributed by atoms with Gasteiger partial charge in [0.1, 0.15) is 0 Å². The van der Waals surface area contributed by atoms with Gasteiger partial charge in [0.2, 0.25) is 0 Å². The molecule has 1 aromatic carbocycles. The molecule has 0 saturated heterocycles. The van der Waals surface area contributed by atoms with E-state index in [-0.39, 0.29) is 17.7 Å². The lowest BCUT2D eigenvalue weighted by Crippen LogP contribution is -2.46. The van der Waals surface area contributed by atoms with E-state index in [1.54, 1.807) is 6.07 Å². The van der Waals surface area contributed by atoms with E-state index in [1.165, 1.54) is 25.7 Å². The van der Waals surface area contributed by atoms with Crippen LogP contribution in [0.3, 0.4) is 0 Å². The van der Waals surface area contributed by atoms with E-state index in [4.69, 9.17) is 14.2 Å². The molecule has 1 aliphatic carbocycles. The Balaban J connectivity index is 1.82. The fourth-order valence-corrected chi connectivity index (χ4v) is 2.99. The fourth-order valence-electron chi connectivity index (χ4n) is 2.99. The smallest absolute Gasteiger partial charge is 0.338 e. The predicted octanol–water partition coefficient (Wildman–Crippen LogP) is 2.80. The van der Waals surface area contributed by atoms with Crippen molar-refractivity contribution in [3.63, 3.8) is 0 Å². The maximum atomic E-state index is 12.2. The Morgan fingerprint density at radius 2 is 1.82 bits per heavy atom. The van der Waals surface area contributed by atoms with Gasteiger partial charge in [-0.15, -0.1) is 0 Å². The van der Waals surface area contributed by atoms with Crippen molar-refractivity contribution in [1.82, 2.24) is 10.6 Å². The van der Waals surface area contributed by atoms with Crippen LogP contribution in [0.1, 0.15) is 56.3 Å². The van der Waals surface area contributed by atoms with Crippen molar-refractivity contribution in [1.29, 1.82) is 0 Å². The van der Waals surface area contributed by atoms with E-state index < -0.39 is 24.5 Å². The molecule has 0 aliphatic heterocycles. The molecular weight excluding hydrogens is 364 g/mol. The highest BCUT2D eigenvalue weighted by atomic mass is 16.5. The third kappa shape index (κ3) is 6.75. The van der Waals surface area contributed by atoms with Gasteiger partial charge in [-0.1, -0.05) is 19.3 Å². The first-order valence-electron chi connectivity index (χ1n) is 9.51. The van der Waals surface area contributed by atoms with Crippen LogP contribution in [0.25, 0.3) is 0 Å². The van der Waals surface area contributed by atoms with Gasteiger partial charge >= 0.3 is 12.0 Å². The lowest BCUT2D eigenvalue weighted by atomic mass is 9.96. The zero-order valence-electron chi connectivity index (χ0n) is 16.6. The van der Waals surface area contributed by atoms with Crippen LogP contribution in [0, 0.1) is 0 Å². The number of carbonyl (C=O) groups excluding carboxylic acids is 3. The van der Waals surface area contributed by atoms with Gasteiger partial charge in [0, 0.05) is 6.04 Å². The molecule has 1 aliphatic rings. The molecule has 0 atom stereocenters. The normalized spacial score (nSPS) is 14.3. The summed E-state index contributed by atoms with van der Waals surface area (Å²) in [6, 6.07) is 4.13. The Labute approximate surface area is 164 Å². The molecule has 2 rings (SSSR count). The van der Waals surface area contributed by atoms with Gasteiger partial charge in [-0.3, -0.25) is 10.1 Å². The summed E-state index contributed by atoms with van der Waals surface area (Å²) < 4.78 is 15.8. The third-order valence-electron chi connectivity index (χ3n) is 4.29. The molecule has 0 aromatic heterocycles. The second-order valence-electron chi connectivity index (χ2n) is 6.96. The first-order valence-corrected chi connectivity index (χ1v) is 9.51. The van der Waals surface area contributed by atoms with Crippen LogP contribution < -0.4 is 20.1 Å². The van der Waals surface area contributed by atoms with Crippen LogP contribution in [0.2, 0.25) is 0 Å². The number of benzene rings is 1. The quantitative estimate of drug-likeness (QED) is 0.692. The standard InChI is InChI=1S/C20H28N2O6/c1-13(2)28-16-10-9-14(11-17(16)26-3)19(24)27-12-18(23)22-20(25)21-15-7-5-4-6-8-15/h9-11,13,15H,4-8,12H2,1-3H3,(H2,21,22,23,25). The van der Waals surface area contributed by atoms with Gasteiger partial charge < -0.3 is 19.5 Å². The highest BCUT2D eigenvalue weighted by Crippen LogP contribution is 2.29. The first-order chi connectivity index (χ1) is 13.4. The van der Waals surface area contributed by atoms with Crippen LogP contribution in [-0.2, 0) is 9.53 Å². The second kappa shape index (κ2) is 10.5. The van der Waals surface area contributed by atoms with Gasteiger partial charge in [-0.05, 0) is 44.9 Å². The summed E-state index contributed by atoms with van der Waals surface area (Å²) in [4.78, 5) is 35.8. The monoisotopic (exact) mass is 392 g/mol. The van der Waals surface area contributed by atoms with E-state index >= 15 is 0 Å². The average molecular weight is 392 g/mol. The van der Waals surface area contributed by atoms with E-state index in [1.807, 2.05) is 13.8 Å². The van der Waals surface area contributed by atoms with Crippen molar-refractivity contribution in [3.8, 4) is 11.5 Å². The number of urea groups is 1. The summed E-state index contributed by atoms with van der Waals surface area (Å²) in [6.45, 7) is 3.21. The van der Waals surface area contributed by atoms with E-state index in [2.05, 4.69) is 10.6 Å². The minimum absolute atomic E-state index is 0.0462. The number of carbonyl (C=O) groups is 3. The van der Waals surface area contributed by atoms with Gasteiger partial charge in [0.15, 0.2) is 18.1 Å². The predicted molar refractivity (Wildman–Crippen MR) is 103 cm³/mol. The molecule has 8 nitrogen and oxygen atoms in total. The first kappa shape index (κ1) is 21.5. The number of amides is 3. The number of ether oxygens (including phenoxy) is 3. The van der Waals surface area contributed by atoms with Crippen LogP contribution in [-0.4, -0.2) is 43.8 Å². The third-order valence-corrected chi connectivity index (χ3v) is 4.29. The maximum Gasteiger partial charge on any atom is 0.338 e. The molecule has 154 valence electrons. The van der Waals surface area contributed by atoms with E-state index in [0.717, 1.165) is 25.7 Å². The van der Waals surface area contributed by atoms with Crippen LogP contribution in [0.4, 0.5) is 4.79 Å². The summed E-state index contributed by atoms with van der Waals surface area (Å²) in [6.07, 6.45) is 5.09. The minimum atomic E-state index is -0.697. The Morgan fingerprint density at radius 1 is 1.11 bits per heavy atom.